The number of hydrogen-bond donors (Lipinski definition) is 3. The molecule has 28 heavy (non-hydrogen) atoms. The first-order valence-electron chi connectivity index (χ1n) is 9.27. The van der Waals surface area contributed by atoms with Crippen LogP contribution in [0, 0.1) is 0 Å². The van der Waals surface area contributed by atoms with Gasteiger partial charge >= 0.3 is 6.03 Å². The maximum atomic E-state index is 12.3. The van der Waals surface area contributed by atoms with Gasteiger partial charge < -0.3 is 24.1 Å². The number of methoxy groups -OCH3 is 2. The lowest BCUT2D eigenvalue weighted by atomic mass is 10.0. The van der Waals surface area contributed by atoms with Crippen LogP contribution in [0.2, 0.25) is 0 Å². The zero-order chi connectivity index (χ0) is 19.9. The van der Waals surface area contributed by atoms with Gasteiger partial charge in [-0.15, -0.1) is 0 Å². The van der Waals surface area contributed by atoms with Crippen molar-refractivity contribution in [2.75, 3.05) is 27.3 Å². The van der Waals surface area contributed by atoms with Gasteiger partial charge in [0, 0.05) is 18.9 Å². The molecule has 0 spiro atoms. The second-order valence-electron chi connectivity index (χ2n) is 6.70. The highest BCUT2D eigenvalue weighted by atomic mass is 16.5. The molecule has 2 aromatic rings. The number of likely N-dealkylation sites (tertiary alicyclic amines) is 1. The van der Waals surface area contributed by atoms with Gasteiger partial charge in [-0.1, -0.05) is 0 Å². The van der Waals surface area contributed by atoms with Crippen LogP contribution in [0.3, 0.4) is 0 Å². The third-order valence-electron chi connectivity index (χ3n) is 4.94. The second-order valence-corrected chi connectivity index (χ2v) is 6.70. The van der Waals surface area contributed by atoms with Crippen LogP contribution in [-0.4, -0.2) is 39.2 Å². The SMILES string of the molecule is COc1ccc([C@@H]2CCC[NH+]2CC(=O)NC(=O)NCc2ccco2)c(OC)c1. The summed E-state index contributed by atoms with van der Waals surface area (Å²) in [4.78, 5) is 25.4. The predicted molar refractivity (Wildman–Crippen MR) is 101 cm³/mol. The van der Waals surface area contributed by atoms with Crippen molar-refractivity contribution < 1.29 is 28.4 Å². The fourth-order valence-corrected chi connectivity index (χ4v) is 3.61. The van der Waals surface area contributed by atoms with Crippen LogP contribution in [0.1, 0.15) is 30.2 Å². The lowest BCUT2D eigenvalue weighted by Crippen LogP contribution is -3.11. The van der Waals surface area contributed by atoms with Gasteiger partial charge in [-0.05, 0) is 24.3 Å². The van der Waals surface area contributed by atoms with E-state index in [-0.39, 0.29) is 25.0 Å². The van der Waals surface area contributed by atoms with Crippen LogP contribution in [-0.2, 0) is 11.3 Å². The zero-order valence-electron chi connectivity index (χ0n) is 16.1. The maximum Gasteiger partial charge on any atom is 0.321 e. The molecule has 1 aromatic carbocycles. The molecule has 1 fully saturated rings. The van der Waals surface area contributed by atoms with Gasteiger partial charge in [-0.2, -0.15) is 0 Å². The normalized spacial score (nSPS) is 18.5. The molecule has 1 unspecified atom stereocenters. The zero-order valence-corrected chi connectivity index (χ0v) is 16.1. The minimum atomic E-state index is -0.529. The van der Waals surface area contributed by atoms with Gasteiger partial charge in [0.2, 0.25) is 0 Å². The smallest absolute Gasteiger partial charge is 0.321 e. The van der Waals surface area contributed by atoms with Crippen LogP contribution >= 0.6 is 0 Å². The summed E-state index contributed by atoms with van der Waals surface area (Å²) in [5.74, 6) is 1.79. The van der Waals surface area contributed by atoms with Gasteiger partial charge in [-0.3, -0.25) is 10.1 Å². The Morgan fingerprint density at radius 2 is 2.11 bits per heavy atom. The van der Waals surface area contributed by atoms with Crippen LogP contribution in [0.25, 0.3) is 0 Å². The number of rotatable bonds is 7. The van der Waals surface area contributed by atoms with E-state index in [2.05, 4.69) is 10.6 Å². The van der Waals surface area contributed by atoms with Crippen molar-refractivity contribution in [2.24, 2.45) is 0 Å². The number of hydrogen-bond acceptors (Lipinski definition) is 5. The van der Waals surface area contributed by atoms with Crippen LogP contribution in [0.5, 0.6) is 11.5 Å². The van der Waals surface area contributed by atoms with Gasteiger partial charge in [0.1, 0.15) is 23.3 Å². The van der Waals surface area contributed by atoms with Crippen molar-refractivity contribution in [3.63, 3.8) is 0 Å². The Kier molecular flexibility index (Phi) is 6.54. The second kappa shape index (κ2) is 9.27. The number of nitrogens with one attached hydrogen (secondary N) is 3. The summed E-state index contributed by atoms with van der Waals surface area (Å²) in [7, 11) is 3.24. The van der Waals surface area contributed by atoms with Crippen LogP contribution in [0.15, 0.2) is 41.0 Å². The van der Waals surface area contributed by atoms with E-state index in [4.69, 9.17) is 13.9 Å². The minimum absolute atomic E-state index is 0.137. The van der Waals surface area contributed by atoms with Crippen molar-refractivity contribution in [2.45, 2.75) is 25.4 Å². The van der Waals surface area contributed by atoms with E-state index < -0.39 is 6.03 Å². The average Bonchev–Trinajstić information content (AvgIpc) is 3.37. The predicted octanol–water partition coefficient (Wildman–Crippen LogP) is 1.04. The first kappa shape index (κ1) is 19.8. The number of carbonyl (C=O) groups is 2. The van der Waals surface area contributed by atoms with E-state index in [9.17, 15) is 9.59 Å². The molecule has 8 nitrogen and oxygen atoms in total. The highest BCUT2D eigenvalue weighted by Crippen LogP contribution is 2.31. The third-order valence-corrected chi connectivity index (χ3v) is 4.94. The summed E-state index contributed by atoms with van der Waals surface area (Å²) in [6.45, 7) is 1.31. The lowest BCUT2D eigenvalue weighted by molar-refractivity contribution is -0.910. The molecule has 8 heteroatoms. The molecule has 1 aliphatic rings. The number of benzene rings is 1. The number of amides is 3. The van der Waals surface area contributed by atoms with Gasteiger partial charge in [0.25, 0.3) is 5.91 Å². The summed E-state index contributed by atoms with van der Waals surface area (Å²) in [5, 5.41) is 4.99. The number of imide groups is 1. The lowest BCUT2D eigenvalue weighted by Gasteiger charge is -2.23. The Bertz CT molecular complexity index is 806. The highest BCUT2D eigenvalue weighted by Gasteiger charge is 2.34. The minimum Gasteiger partial charge on any atom is -0.497 e. The fourth-order valence-electron chi connectivity index (χ4n) is 3.61. The number of furan rings is 1. The first-order chi connectivity index (χ1) is 13.6. The molecule has 0 bridgehead atoms. The molecule has 3 amide bonds. The maximum absolute atomic E-state index is 12.3. The molecule has 0 aliphatic carbocycles. The van der Waals surface area contributed by atoms with Crippen molar-refractivity contribution >= 4 is 11.9 Å². The summed E-state index contributed by atoms with van der Waals surface area (Å²) < 4.78 is 15.9. The molecule has 3 N–H and O–H groups in total. The van der Waals surface area contributed by atoms with Crippen LogP contribution in [0.4, 0.5) is 4.79 Å². The summed E-state index contributed by atoms with van der Waals surface area (Å²) in [5.41, 5.74) is 1.05. The van der Waals surface area contributed by atoms with Crippen molar-refractivity contribution in [1.82, 2.24) is 10.6 Å². The van der Waals surface area contributed by atoms with E-state index in [0.717, 1.165) is 41.3 Å². The van der Waals surface area contributed by atoms with Crippen molar-refractivity contribution in [1.29, 1.82) is 0 Å². The number of ether oxygens (including phenoxy) is 2. The topological polar surface area (TPSA) is 94.2 Å². The molecule has 2 heterocycles. The third kappa shape index (κ3) is 4.83. The number of urea groups is 1. The van der Waals surface area contributed by atoms with Crippen molar-refractivity contribution in [3.8, 4) is 11.5 Å². The Morgan fingerprint density at radius 3 is 2.82 bits per heavy atom. The van der Waals surface area contributed by atoms with E-state index in [1.165, 1.54) is 6.26 Å². The summed E-state index contributed by atoms with van der Waals surface area (Å²) in [6.07, 6.45) is 3.49. The Labute approximate surface area is 163 Å². The molecule has 2 atom stereocenters. The molecule has 1 aromatic heterocycles. The fraction of sp³-hybridized carbons (Fsp3) is 0.400. The van der Waals surface area contributed by atoms with Gasteiger partial charge in [-0.25, -0.2) is 4.79 Å². The monoisotopic (exact) mass is 388 g/mol. The van der Waals surface area contributed by atoms with Crippen LogP contribution < -0.4 is 25.0 Å². The Morgan fingerprint density at radius 1 is 1.25 bits per heavy atom. The van der Waals surface area contributed by atoms with E-state index in [1.807, 2.05) is 18.2 Å². The molecule has 1 saturated heterocycles. The largest absolute Gasteiger partial charge is 0.497 e. The number of quaternary nitrogens is 1. The molecule has 0 radical (unpaired) electrons. The number of carbonyl (C=O) groups excluding carboxylic acids is 2. The highest BCUT2D eigenvalue weighted by molar-refractivity contribution is 5.94. The summed E-state index contributed by atoms with van der Waals surface area (Å²) in [6, 6.07) is 8.84. The molecule has 1 aliphatic heterocycles. The quantitative estimate of drug-likeness (QED) is 0.659. The van der Waals surface area contributed by atoms with E-state index in [1.54, 1.807) is 26.4 Å². The Hall–Kier alpha value is -3.00. The van der Waals surface area contributed by atoms with Gasteiger partial charge in [0.15, 0.2) is 6.54 Å². The average molecular weight is 388 g/mol. The molecular weight excluding hydrogens is 362 g/mol. The molecule has 0 saturated carbocycles. The standard InChI is InChI=1S/C20H25N3O5/c1-26-14-7-8-16(18(11-14)27-2)17-6-3-9-23(17)13-19(24)22-20(25)21-12-15-5-4-10-28-15/h4-5,7-8,10-11,17H,3,6,9,12-13H2,1-2H3,(H2,21,22,24,25)/p+1/t17-/m0/s1. The molecule has 3 rings (SSSR count). The molecular formula is C20H26N3O5+. The van der Waals surface area contributed by atoms with E-state index >= 15 is 0 Å². The first-order valence-corrected chi connectivity index (χ1v) is 9.27. The van der Waals surface area contributed by atoms with Gasteiger partial charge in [0.05, 0.1) is 39.1 Å². The molecule has 150 valence electrons. The van der Waals surface area contributed by atoms with Crippen molar-refractivity contribution in [3.05, 3.63) is 47.9 Å². The Balaban J connectivity index is 1.57. The van der Waals surface area contributed by atoms with E-state index in [0.29, 0.717) is 5.76 Å². The summed E-state index contributed by atoms with van der Waals surface area (Å²) >= 11 is 0.